The molecule has 2 N–H and O–H groups in total. The summed E-state index contributed by atoms with van der Waals surface area (Å²) in [6, 6.07) is 6.52. The molecule has 0 atom stereocenters. The molecule has 1 aromatic carbocycles. The first-order valence-electron chi connectivity index (χ1n) is 4.71. The Labute approximate surface area is 92.0 Å². The van der Waals surface area contributed by atoms with Gasteiger partial charge < -0.3 is 4.98 Å². The average Bonchev–Trinajstić information content (AvgIpc) is 2.57. The third kappa shape index (κ3) is 1.83. The second-order valence-corrected chi connectivity index (χ2v) is 4.06. The van der Waals surface area contributed by atoms with Gasteiger partial charge in [-0.25, -0.2) is 0 Å². The van der Waals surface area contributed by atoms with E-state index in [1.807, 2.05) is 0 Å². The Balaban J connectivity index is 2.37. The molecular weight excluding hydrogens is 240 g/mol. The number of halogens is 1. The van der Waals surface area contributed by atoms with Crippen molar-refractivity contribution in [2.75, 3.05) is 6.54 Å². The van der Waals surface area contributed by atoms with Crippen LogP contribution in [0, 0.1) is 6.92 Å². The van der Waals surface area contributed by atoms with Crippen LogP contribution in [0.25, 0.3) is 10.9 Å². The lowest BCUT2D eigenvalue weighted by Crippen LogP contribution is -2.02. The first-order chi connectivity index (χ1) is 6.81. The molecule has 0 aliphatic rings. The maximum Gasteiger partial charge on any atom is 0.0459 e. The van der Waals surface area contributed by atoms with Crippen molar-refractivity contribution in [2.45, 2.75) is 13.3 Å². The van der Waals surface area contributed by atoms with Crippen LogP contribution in [0.4, 0.5) is 0 Å². The number of aryl methyl sites for hydroxylation is 1. The molecule has 0 unspecified atom stereocenters. The molecule has 74 valence electrons. The number of hydrogen-bond acceptors (Lipinski definition) is 1. The minimum absolute atomic E-state index is 0.945. The van der Waals surface area contributed by atoms with Gasteiger partial charge in [-0.15, -0.1) is 0 Å². The summed E-state index contributed by atoms with van der Waals surface area (Å²) in [6.45, 7) is 3.06. The zero-order valence-corrected chi connectivity index (χ0v) is 9.69. The molecule has 14 heavy (non-hydrogen) atoms. The molecule has 0 radical (unpaired) electrons. The number of H-pyrrole nitrogens is 1. The quantitative estimate of drug-likeness (QED) is 0.809. The van der Waals surface area contributed by atoms with Crippen LogP contribution in [-0.4, -0.2) is 11.5 Å². The van der Waals surface area contributed by atoms with Crippen molar-refractivity contribution < 1.29 is 0 Å². The molecule has 3 heteroatoms. The predicted octanol–water partition coefficient (Wildman–Crippen LogP) is 2.92. The van der Waals surface area contributed by atoms with Gasteiger partial charge in [-0.05, 0) is 30.5 Å². The maximum atomic E-state index is 3.29. The molecule has 0 bridgehead atoms. The summed E-state index contributed by atoms with van der Waals surface area (Å²) in [7, 11) is 0. The SMILES string of the molecule is Cc1ccc2c(CCNBr)c[nH]c2c1. The topological polar surface area (TPSA) is 27.8 Å². The van der Waals surface area contributed by atoms with Gasteiger partial charge in [-0.2, -0.15) is 0 Å². The molecule has 1 aromatic heterocycles. The molecule has 1 heterocycles. The maximum absolute atomic E-state index is 3.29. The van der Waals surface area contributed by atoms with Crippen LogP contribution >= 0.6 is 16.1 Å². The van der Waals surface area contributed by atoms with Gasteiger partial charge in [0.05, 0.1) is 0 Å². The highest BCUT2D eigenvalue weighted by Gasteiger charge is 2.02. The zero-order chi connectivity index (χ0) is 9.97. The number of hydrogen-bond donors (Lipinski definition) is 2. The van der Waals surface area contributed by atoms with Crippen LogP contribution < -0.4 is 4.34 Å². The van der Waals surface area contributed by atoms with Gasteiger partial charge in [-0.3, -0.25) is 4.34 Å². The third-order valence-electron chi connectivity index (χ3n) is 2.41. The summed E-state index contributed by atoms with van der Waals surface area (Å²) < 4.78 is 2.98. The van der Waals surface area contributed by atoms with E-state index in [4.69, 9.17) is 0 Å². The van der Waals surface area contributed by atoms with Crippen LogP contribution in [0.15, 0.2) is 24.4 Å². The number of rotatable bonds is 3. The highest BCUT2D eigenvalue weighted by molar-refractivity contribution is 9.08. The Morgan fingerprint density at radius 3 is 3.07 bits per heavy atom. The predicted molar refractivity (Wildman–Crippen MR) is 63.7 cm³/mol. The molecule has 2 rings (SSSR count). The number of nitrogens with one attached hydrogen (secondary N) is 2. The first-order valence-corrected chi connectivity index (χ1v) is 5.50. The lowest BCUT2D eigenvalue weighted by Gasteiger charge is -1.98. The fourth-order valence-electron chi connectivity index (χ4n) is 1.69. The summed E-state index contributed by atoms with van der Waals surface area (Å²) in [5.74, 6) is 0. The van der Waals surface area contributed by atoms with Crippen molar-refractivity contribution in [3.8, 4) is 0 Å². The minimum Gasteiger partial charge on any atom is -0.361 e. The van der Waals surface area contributed by atoms with E-state index in [0.717, 1.165) is 13.0 Å². The van der Waals surface area contributed by atoms with E-state index in [-0.39, 0.29) is 0 Å². The molecule has 0 amide bonds. The second kappa shape index (κ2) is 4.15. The van der Waals surface area contributed by atoms with Gasteiger partial charge in [-0.1, -0.05) is 12.1 Å². The Bertz CT molecular complexity index is 434. The second-order valence-electron chi connectivity index (χ2n) is 3.50. The Hall–Kier alpha value is -0.800. The largest absolute Gasteiger partial charge is 0.361 e. The van der Waals surface area contributed by atoms with E-state index >= 15 is 0 Å². The van der Waals surface area contributed by atoms with Crippen molar-refractivity contribution >= 4 is 27.1 Å². The number of aromatic amines is 1. The zero-order valence-electron chi connectivity index (χ0n) is 8.10. The van der Waals surface area contributed by atoms with Crippen molar-refractivity contribution in [1.29, 1.82) is 0 Å². The molecule has 0 saturated carbocycles. The minimum atomic E-state index is 0.945. The molecule has 2 nitrogen and oxygen atoms in total. The van der Waals surface area contributed by atoms with Crippen molar-refractivity contribution in [1.82, 2.24) is 9.33 Å². The molecule has 0 aliphatic carbocycles. The number of aromatic nitrogens is 1. The van der Waals surface area contributed by atoms with Crippen LogP contribution in [0.3, 0.4) is 0 Å². The fraction of sp³-hybridized carbons (Fsp3) is 0.273. The van der Waals surface area contributed by atoms with Gasteiger partial charge in [0, 0.05) is 39.8 Å². The standard InChI is InChI=1S/C11H13BrN2/c1-8-2-3-10-9(4-5-14-12)7-13-11(10)6-8/h2-3,6-7,13-14H,4-5H2,1H3. The van der Waals surface area contributed by atoms with E-state index in [0.29, 0.717) is 0 Å². The molecule has 0 fully saturated rings. The molecule has 2 aromatic rings. The molecular formula is C11H13BrN2. The van der Waals surface area contributed by atoms with Crippen LogP contribution in [0.5, 0.6) is 0 Å². The first kappa shape index (κ1) is 9.74. The van der Waals surface area contributed by atoms with Gasteiger partial charge in [0.2, 0.25) is 0 Å². The lowest BCUT2D eigenvalue weighted by atomic mass is 10.1. The summed E-state index contributed by atoms with van der Waals surface area (Å²) in [5.41, 5.74) is 3.89. The van der Waals surface area contributed by atoms with Crippen molar-refractivity contribution in [2.24, 2.45) is 0 Å². The van der Waals surface area contributed by atoms with E-state index in [1.165, 1.54) is 22.0 Å². The fourth-order valence-corrected chi connectivity index (χ4v) is 1.89. The van der Waals surface area contributed by atoms with Crippen molar-refractivity contribution in [3.05, 3.63) is 35.5 Å². The van der Waals surface area contributed by atoms with Crippen LogP contribution in [0.1, 0.15) is 11.1 Å². The summed E-state index contributed by atoms with van der Waals surface area (Å²) in [4.78, 5) is 3.29. The lowest BCUT2D eigenvalue weighted by molar-refractivity contribution is 0.926. The van der Waals surface area contributed by atoms with Crippen LogP contribution in [0.2, 0.25) is 0 Å². The van der Waals surface area contributed by atoms with E-state index in [2.05, 4.69) is 56.8 Å². The summed E-state index contributed by atoms with van der Waals surface area (Å²) in [6.07, 6.45) is 3.13. The monoisotopic (exact) mass is 252 g/mol. The van der Waals surface area contributed by atoms with Gasteiger partial charge in [0.1, 0.15) is 0 Å². The number of fused-ring (bicyclic) bond motifs is 1. The van der Waals surface area contributed by atoms with E-state index in [1.54, 1.807) is 0 Å². The number of benzene rings is 1. The Morgan fingerprint density at radius 1 is 1.43 bits per heavy atom. The Kier molecular flexibility index (Phi) is 2.89. The van der Waals surface area contributed by atoms with Crippen molar-refractivity contribution in [3.63, 3.8) is 0 Å². The van der Waals surface area contributed by atoms with Gasteiger partial charge >= 0.3 is 0 Å². The highest BCUT2D eigenvalue weighted by atomic mass is 79.9. The smallest absolute Gasteiger partial charge is 0.0459 e. The summed E-state index contributed by atoms with van der Waals surface area (Å²) in [5, 5.41) is 1.33. The highest BCUT2D eigenvalue weighted by Crippen LogP contribution is 2.19. The van der Waals surface area contributed by atoms with Gasteiger partial charge in [0.15, 0.2) is 0 Å². The summed E-state index contributed by atoms with van der Waals surface area (Å²) >= 11 is 3.21. The molecule has 0 spiro atoms. The van der Waals surface area contributed by atoms with Crippen LogP contribution in [-0.2, 0) is 6.42 Å². The Morgan fingerprint density at radius 2 is 2.29 bits per heavy atom. The molecule has 0 saturated heterocycles. The average molecular weight is 253 g/mol. The van der Waals surface area contributed by atoms with Gasteiger partial charge in [0.25, 0.3) is 0 Å². The van der Waals surface area contributed by atoms with E-state index < -0.39 is 0 Å². The molecule has 0 aliphatic heterocycles. The third-order valence-corrected chi connectivity index (χ3v) is 2.81. The normalized spacial score (nSPS) is 11.0. The van der Waals surface area contributed by atoms with E-state index in [9.17, 15) is 0 Å².